The molecule has 0 amide bonds. The largest absolute Gasteiger partial charge is 0.474 e. The Morgan fingerprint density at radius 1 is 1.39 bits per heavy atom. The highest BCUT2D eigenvalue weighted by Gasteiger charge is 2.12. The van der Waals surface area contributed by atoms with Crippen LogP contribution >= 0.6 is 12.4 Å². The first-order valence-corrected chi connectivity index (χ1v) is 4.88. The smallest absolute Gasteiger partial charge is 0.387 e. The van der Waals surface area contributed by atoms with Gasteiger partial charge in [0.1, 0.15) is 12.4 Å². The Bertz CT molecular complexity index is 507. The van der Waals surface area contributed by atoms with E-state index in [-0.39, 0.29) is 30.6 Å². The summed E-state index contributed by atoms with van der Waals surface area (Å²) in [6, 6.07) is 4.23. The molecule has 0 aliphatic carbocycles. The molecule has 0 fully saturated rings. The Labute approximate surface area is 107 Å². The van der Waals surface area contributed by atoms with E-state index in [4.69, 9.17) is 15.0 Å². The van der Waals surface area contributed by atoms with Crippen LogP contribution in [0, 0.1) is 0 Å². The van der Waals surface area contributed by atoms with E-state index in [1.54, 1.807) is 0 Å². The Hall–Kier alpha value is -1.60. The van der Waals surface area contributed by atoms with Crippen molar-refractivity contribution in [1.82, 2.24) is 5.16 Å². The highest BCUT2D eigenvalue weighted by molar-refractivity contribution is 5.85. The quantitative estimate of drug-likeness (QED) is 0.909. The minimum absolute atomic E-state index is 0. The third kappa shape index (κ3) is 3.21. The van der Waals surface area contributed by atoms with Crippen molar-refractivity contribution in [2.24, 2.45) is 5.73 Å². The second-order valence-electron chi connectivity index (χ2n) is 3.16. The van der Waals surface area contributed by atoms with Gasteiger partial charge in [-0.3, -0.25) is 0 Å². The third-order valence-corrected chi connectivity index (χ3v) is 1.99. The van der Waals surface area contributed by atoms with Crippen molar-refractivity contribution in [3.8, 4) is 11.6 Å². The van der Waals surface area contributed by atoms with Gasteiger partial charge in [-0.25, -0.2) is 0 Å². The monoisotopic (exact) mass is 280 g/mol. The predicted octanol–water partition coefficient (Wildman–Crippen LogP) is 2.19. The van der Waals surface area contributed by atoms with E-state index in [2.05, 4.69) is 9.89 Å². The van der Waals surface area contributed by atoms with E-state index >= 15 is 0 Å². The molecule has 0 spiro atoms. The van der Waals surface area contributed by atoms with Gasteiger partial charge in [0.2, 0.25) is 0 Å². The summed E-state index contributed by atoms with van der Waals surface area (Å²) < 4.78 is 38.5. The lowest BCUT2D eigenvalue weighted by Gasteiger charge is -2.03. The molecule has 0 radical (unpaired) electrons. The topological polar surface area (TPSA) is 70.5 Å². The van der Waals surface area contributed by atoms with Crippen LogP contribution in [0.4, 0.5) is 8.78 Å². The summed E-state index contributed by atoms with van der Waals surface area (Å²) in [4.78, 5) is 0. The number of benzene rings is 1. The van der Waals surface area contributed by atoms with Gasteiger partial charge in [-0.15, -0.1) is 12.4 Å². The summed E-state index contributed by atoms with van der Waals surface area (Å²) in [6.45, 7) is -2.29. The molecule has 18 heavy (non-hydrogen) atoms. The van der Waals surface area contributed by atoms with Crippen LogP contribution in [0.5, 0.6) is 11.6 Å². The first-order valence-electron chi connectivity index (χ1n) is 4.88. The number of aromatic nitrogens is 1. The van der Waals surface area contributed by atoms with E-state index in [9.17, 15) is 8.78 Å². The van der Waals surface area contributed by atoms with Crippen LogP contribution in [0.1, 0.15) is 0 Å². The van der Waals surface area contributed by atoms with Gasteiger partial charge in [-0.05, 0) is 23.4 Å². The number of fused-ring (bicyclic) bond motifs is 1. The fourth-order valence-electron chi connectivity index (χ4n) is 1.33. The SMILES string of the molecule is Cl.NCCOc1noc2ccc(OC(F)F)cc12. The van der Waals surface area contributed by atoms with Gasteiger partial charge in [-0.2, -0.15) is 8.78 Å². The number of ether oxygens (including phenoxy) is 2. The number of nitrogens with two attached hydrogens (primary N) is 1. The van der Waals surface area contributed by atoms with Gasteiger partial charge >= 0.3 is 6.61 Å². The summed E-state index contributed by atoms with van der Waals surface area (Å²) in [6.07, 6.45) is 0. The van der Waals surface area contributed by atoms with Crippen molar-refractivity contribution >= 4 is 23.4 Å². The predicted molar refractivity (Wildman–Crippen MR) is 62.4 cm³/mol. The lowest BCUT2D eigenvalue weighted by Crippen LogP contribution is -2.10. The summed E-state index contributed by atoms with van der Waals surface area (Å²) in [5.74, 6) is 0.235. The summed E-state index contributed by atoms with van der Waals surface area (Å²) in [7, 11) is 0. The molecule has 0 aliphatic rings. The van der Waals surface area contributed by atoms with Crippen LogP contribution in [0.2, 0.25) is 0 Å². The minimum Gasteiger partial charge on any atom is -0.474 e. The molecule has 0 saturated carbocycles. The Morgan fingerprint density at radius 2 is 2.17 bits per heavy atom. The highest BCUT2D eigenvalue weighted by Crippen LogP contribution is 2.29. The van der Waals surface area contributed by atoms with E-state index in [1.807, 2.05) is 0 Å². The van der Waals surface area contributed by atoms with E-state index in [1.165, 1.54) is 18.2 Å². The van der Waals surface area contributed by atoms with Crippen molar-refractivity contribution in [2.75, 3.05) is 13.2 Å². The molecule has 5 nitrogen and oxygen atoms in total. The molecule has 0 saturated heterocycles. The summed E-state index contributed by atoms with van der Waals surface area (Å²) in [5.41, 5.74) is 5.71. The molecule has 0 unspecified atom stereocenters. The minimum atomic E-state index is -2.87. The van der Waals surface area contributed by atoms with Crippen molar-refractivity contribution < 1.29 is 22.8 Å². The summed E-state index contributed by atoms with van der Waals surface area (Å²) in [5, 5.41) is 4.13. The number of alkyl halides is 2. The van der Waals surface area contributed by atoms with Crippen LogP contribution in [-0.4, -0.2) is 24.9 Å². The third-order valence-electron chi connectivity index (χ3n) is 1.99. The number of nitrogens with zero attached hydrogens (tertiary/aromatic N) is 1. The van der Waals surface area contributed by atoms with Crippen LogP contribution in [0.15, 0.2) is 22.7 Å². The molecule has 2 N–H and O–H groups in total. The van der Waals surface area contributed by atoms with Gasteiger partial charge in [-0.1, -0.05) is 0 Å². The maximum absolute atomic E-state index is 12.0. The maximum Gasteiger partial charge on any atom is 0.387 e. The molecule has 1 heterocycles. The Balaban J connectivity index is 0.00000162. The van der Waals surface area contributed by atoms with Crippen LogP contribution in [-0.2, 0) is 0 Å². The second kappa shape index (κ2) is 6.36. The van der Waals surface area contributed by atoms with Crippen molar-refractivity contribution in [3.05, 3.63) is 18.2 Å². The molecule has 1 aromatic heterocycles. The number of halogens is 3. The van der Waals surface area contributed by atoms with Gasteiger partial charge in [0, 0.05) is 6.54 Å². The molecule has 1 aromatic carbocycles. The Kier molecular flexibility index (Phi) is 5.11. The van der Waals surface area contributed by atoms with E-state index < -0.39 is 6.61 Å². The van der Waals surface area contributed by atoms with Crippen molar-refractivity contribution in [2.45, 2.75) is 6.61 Å². The zero-order valence-electron chi connectivity index (χ0n) is 9.14. The molecule has 2 aromatic rings. The first kappa shape index (κ1) is 14.5. The van der Waals surface area contributed by atoms with Crippen molar-refractivity contribution in [3.63, 3.8) is 0 Å². The van der Waals surface area contributed by atoms with Gasteiger partial charge < -0.3 is 19.7 Å². The zero-order valence-corrected chi connectivity index (χ0v) is 9.95. The molecule has 0 aliphatic heterocycles. The maximum atomic E-state index is 12.0. The zero-order chi connectivity index (χ0) is 12.3. The van der Waals surface area contributed by atoms with Gasteiger partial charge in [0.25, 0.3) is 5.88 Å². The standard InChI is InChI=1S/C10H10F2N2O3.ClH/c11-10(12)16-6-1-2-8-7(5-6)9(14-17-8)15-4-3-13;/h1-2,5,10H,3-4,13H2;1H. The second-order valence-corrected chi connectivity index (χ2v) is 3.16. The van der Waals surface area contributed by atoms with Gasteiger partial charge in [0.05, 0.1) is 5.39 Å². The lowest BCUT2D eigenvalue weighted by atomic mass is 10.2. The Morgan fingerprint density at radius 3 is 2.83 bits per heavy atom. The summed E-state index contributed by atoms with van der Waals surface area (Å²) >= 11 is 0. The molecule has 2 rings (SSSR count). The van der Waals surface area contributed by atoms with Crippen LogP contribution in [0.3, 0.4) is 0 Å². The number of rotatable bonds is 5. The van der Waals surface area contributed by atoms with Crippen LogP contribution < -0.4 is 15.2 Å². The molecular formula is C10H11ClF2N2O3. The number of hydrogen-bond donors (Lipinski definition) is 1. The van der Waals surface area contributed by atoms with Crippen LogP contribution in [0.25, 0.3) is 11.0 Å². The molecule has 0 bridgehead atoms. The van der Waals surface area contributed by atoms with E-state index in [0.717, 1.165) is 0 Å². The normalized spacial score (nSPS) is 10.4. The average molecular weight is 281 g/mol. The number of hydrogen-bond acceptors (Lipinski definition) is 5. The molecule has 8 heteroatoms. The molecule has 100 valence electrons. The highest BCUT2D eigenvalue weighted by atomic mass is 35.5. The van der Waals surface area contributed by atoms with Gasteiger partial charge in [0.15, 0.2) is 5.58 Å². The lowest BCUT2D eigenvalue weighted by molar-refractivity contribution is -0.0497. The average Bonchev–Trinajstić information content (AvgIpc) is 2.68. The molecule has 0 atom stereocenters. The first-order chi connectivity index (χ1) is 8.20. The van der Waals surface area contributed by atoms with E-state index in [0.29, 0.717) is 17.5 Å². The fourth-order valence-corrected chi connectivity index (χ4v) is 1.33. The van der Waals surface area contributed by atoms with Crippen molar-refractivity contribution in [1.29, 1.82) is 0 Å². The molecular weight excluding hydrogens is 270 g/mol. The fraction of sp³-hybridized carbons (Fsp3) is 0.300.